The van der Waals surface area contributed by atoms with E-state index in [1.165, 1.54) is 6.92 Å². The molecule has 0 saturated heterocycles. The molecule has 116 valence electrons. The number of ether oxygens (including phenoxy) is 3. The highest BCUT2D eigenvalue weighted by Gasteiger charge is 2.26. The SMILES string of the molecule is COc1cc(C(=O)COC(C)=O)cc(OC)c1C(C)(C)C. The third-order valence-corrected chi connectivity index (χ3v) is 2.98. The Morgan fingerprint density at radius 3 is 1.86 bits per heavy atom. The predicted octanol–water partition coefficient (Wildman–Crippen LogP) is 2.75. The predicted molar refractivity (Wildman–Crippen MR) is 79.2 cm³/mol. The number of carbonyl (C=O) groups excluding carboxylic acids is 2. The van der Waals surface area contributed by atoms with Crippen LogP contribution in [0.1, 0.15) is 43.6 Å². The average Bonchev–Trinajstić information content (AvgIpc) is 2.41. The van der Waals surface area contributed by atoms with Gasteiger partial charge in [0.2, 0.25) is 5.78 Å². The molecule has 0 fully saturated rings. The highest BCUT2D eigenvalue weighted by molar-refractivity contribution is 5.98. The van der Waals surface area contributed by atoms with Crippen LogP contribution in [0, 0.1) is 0 Å². The smallest absolute Gasteiger partial charge is 0.303 e. The number of hydrogen-bond donors (Lipinski definition) is 0. The van der Waals surface area contributed by atoms with Crippen molar-refractivity contribution in [1.29, 1.82) is 0 Å². The van der Waals surface area contributed by atoms with Crippen molar-refractivity contribution in [2.24, 2.45) is 0 Å². The Balaban J connectivity index is 3.26. The van der Waals surface area contributed by atoms with Crippen molar-refractivity contribution in [3.63, 3.8) is 0 Å². The third-order valence-electron chi connectivity index (χ3n) is 2.98. The Morgan fingerprint density at radius 1 is 1.05 bits per heavy atom. The van der Waals surface area contributed by atoms with Crippen LogP contribution in [0.5, 0.6) is 11.5 Å². The van der Waals surface area contributed by atoms with Gasteiger partial charge in [-0.3, -0.25) is 9.59 Å². The maximum atomic E-state index is 12.1. The first-order chi connectivity index (χ1) is 9.70. The van der Waals surface area contributed by atoms with Crippen LogP contribution in [0.25, 0.3) is 0 Å². The molecule has 0 aliphatic rings. The van der Waals surface area contributed by atoms with Crippen molar-refractivity contribution >= 4 is 11.8 Å². The molecule has 0 aromatic heterocycles. The molecular formula is C16H22O5. The number of esters is 1. The van der Waals surface area contributed by atoms with Gasteiger partial charge in [-0.1, -0.05) is 20.8 Å². The lowest BCUT2D eigenvalue weighted by Gasteiger charge is -2.25. The highest BCUT2D eigenvalue weighted by Crippen LogP contribution is 2.39. The van der Waals surface area contributed by atoms with Crippen LogP contribution in [0.15, 0.2) is 12.1 Å². The van der Waals surface area contributed by atoms with Crippen molar-refractivity contribution in [1.82, 2.24) is 0 Å². The standard InChI is InChI=1S/C16H22O5/c1-10(17)21-9-12(18)11-7-13(19-5)15(16(2,3)4)14(8-11)20-6/h7-8H,9H2,1-6H3. The second-order valence-electron chi connectivity index (χ2n) is 5.71. The largest absolute Gasteiger partial charge is 0.496 e. The highest BCUT2D eigenvalue weighted by atomic mass is 16.5. The quantitative estimate of drug-likeness (QED) is 0.617. The maximum absolute atomic E-state index is 12.1. The van der Waals surface area contributed by atoms with Gasteiger partial charge in [-0.2, -0.15) is 0 Å². The molecule has 0 bridgehead atoms. The summed E-state index contributed by atoms with van der Waals surface area (Å²) in [5.41, 5.74) is 1.07. The molecule has 0 radical (unpaired) electrons. The molecule has 0 atom stereocenters. The fourth-order valence-corrected chi connectivity index (χ4v) is 2.06. The van der Waals surface area contributed by atoms with Crippen molar-refractivity contribution in [2.75, 3.05) is 20.8 Å². The lowest BCUT2D eigenvalue weighted by Crippen LogP contribution is -2.17. The summed E-state index contributed by atoms with van der Waals surface area (Å²) in [7, 11) is 3.09. The molecule has 1 rings (SSSR count). The summed E-state index contributed by atoms with van der Waals surface area (Å²) in [6, 6.07) is 3.30. The van der Waals surface area contributed by atoms with Gasteiger partial charge in [0.1, 0.15) is 11.5 Å². The molecule has 5 nitrogen and oxygen atoms in total. The molecule has 0 spiro atoms. The topological polar surface area (TPSA) is 61.8 Å². The van der Waals surface area contributed by atoms with Crippen molar-refractivity contribution in [3.05, 3.63) is 23.3 Å². The van der Waals surface area contributed by atoms with Gasteiger partial charge in [0.25, 0.3) is 0 Å². The second kappa shape index (κ2) is 6.61. The molecule has 0 aliphatic carbocycles. The van der Waals surface area contributed by atoms with Gasteiger partial charge in [-0.25, -0.2) is 0 Å². The van der Waals surface area contributed by atoms with Crippen LogP contribution in [-0.2, 0) is 14.9 Å². The van der Waals surface area contributed by atoms with Gasteiger partial charge in [0.05, 0.1) is 14.2 Å². The molecule has 0 aliphatic heterocycles. The lowest BCUT2D eigenvalue weighted by atomic mass is 9.84. The van der Waals surface area contributed by atoms with Crippen molar-refractivity contribution < 1.29 is 23.8 Å². The van der Waals surface area contributed by atoms with E-state index in [-0.39, 0.29) is 17.8 Å². The van der Waals surface area contributed by atoms with Crippen molar-refractivity contribution in [3.8, 4) is 11.5 Å². The van der Waals surface area contributed by atoms with E-state index in [1.54, 1.807) is 26.4 Å². The van der Waals surface area contributed by atoms with Crippen LogP contribution in [-0.4, -0.2) is 32.6 Å². The number of rotatable bonds is 5. The molecule has 1 aromatic carbocycles. The van der Waals surface area contributed by atoms with Crippen LogP contribution in [0.3, 0.4) is 0 Å². The summed E-state index contributed by atoms with van der Waals surface area (Å²) in [5, 5.41) is 0. The number of carbonyl (C=O) groups is 2. The first-order valence-corrected chi connectivity index (χ1v) is 6.63. The molecule has 21 heavy (non-hydrogen) atoms. The van der Waals surface area contributed by atoms with Gasteiger partial charge in [0, 0.05) is 18.1 Å². The Labute approximate surface area is 125 Å². The van der Waals surface area contributed by atoms with Crippen LogP contribution in [0.4, 0.5) is 0 Å². The van der Waals surface area contributed by atoms with E-state index in [1.807, 2.05) is 20.8 Å². The minimum Gasteiger partial charge on any atom is -0.496 e. The van der Waals surface area contributed by atoms with E-state index >= 15 is 0 Å². The zero-order valence-electron chi connectivity index (χ0n) is 13.4. The Morgan fingerprint density at radius 2 is 1.52 bits per heavy atom. The van der Waals surface area contributed by atoms with Gasteiger partial charge < -0.3 is 14.2 Å². The van der Waals surface area contributed by atoms with Crippen molar-refractivity contribution in [2.45, 2.75) is 33.1 Å². The average molecular weight is 294 g/mol. The van der Waals surface area contributed by atoms with Crippen LogP contribution >= 0.6 is 0 Å². The zero-order valence-corrected chi connectivity index (χ0v) is 13.4. The van der Waals surface area contributed by atoms with E-state index in [9.17, 15) is 9.59 Å². The molecule has 0 unspecified atom stereocenters. The summed E-state index contributed by atoms with van der Waals surface area (Å²) in [5.74, 6) is 0.358. The molecular weight excluding hydrogens is 272 g/mol. The molecule has 0 heterocycles. The fraction of sp³-hybridized carbons (Fsp3) is 0.500. The third kappa shape index (κ3) is 4.21. The first kappa shape index (κ1) is 17.0. The van der Waals surface area contributed by atoms with E-state index in [0.29, 0.717) is 17.1 Å². The first-order valence-electron chi connectivity index (χ1n) is 6.63. The summed E-state index contributed by atoms with van der Waals surface area (Å²) < 4.78 is 15.5. The number of hydrogen-bond acceptors (Lipinski definition) is 5. The Hall–Kier alpha value is -2.04. The van der Waals surface area contributed by atoms with Gasteiger partial charge >= 0.3 is 5.97 Å². The Kier molecular flexibility index (Phi) is 5.35. The number of ketones is 1. The Bertz CT molecular complexity index is 515. The van der Waals surface area contributed by atoms with E-state index in [4.69, 9.17) is 14.2 Å². The molecule has 0 saturated carbocycles. The minimum atomic E-state index is -0.492. The molecule has 0 amide bonds. The maximum Gasteiger partial charge on any atom is 0.303 e. The zero-order chi connectivity index (χ0) is 16.2. The fourth-order valence-electron chi connectivity index (χ4n) is 2.06. The summed E-state index contributed by atoms with van der Waals surface area (Å²) in [4.78, 5) is 22.8. The van der Waals surface area contributed by atoms with E-state index in [2.05, 4.69) is 0 Å². The monoisotopic (exact) mass is 294 g/mol. The summed E-state index contributed by atoms with van der Waals surface area (Å²) in [6.07, 6.45) is 0. The van der Waals surface area contributed by atoms with Gasteiger partial charge in [-0.05, 0) is 17.5 Å². The molecule has 0 N–H and O–H groups in total. The number of Topliss-reactive ketones (excluding diaryl/α,β-unsaturated/α-hetero) is 1. The van der Waals surface area contributed by atoms with E-state index < -0.39 is 5.97 Å². The lowest BCUT2D eigenvalue weighted by molar-refractivity contribution is -0.139. The van der Waals surface area contributed by atoms with Crippen LogP contribution in [0.2, 0.25) is 0 Å². The summed E-state index contributed by atoms with van der Waals surface area (Å²) in [6.45, 7) is 7.07. The van der Waals surface area contributed by atoms with Gasteiger partial charge in [-0.15, -0.1) is 0 Å². The number of benzene rings is 1. The summed E-state index contributed by atoms with van der Waals surface area (Å²) >= 11 is 0. The molecule has 5 heteroatoms. The number of methoxy groups -OCH3 is 2. The normalized spacial score (nSPS) is 11.0. The second-order valence-corrected chi connectivity index (χ2v) is 5.71. The molecule has 1 aromatic rings. The van der Waals surface area contributed by atoms with Crippen LogP contribution < -0.4 is 9.47 Å². The van der Waals surface area contributed by atoms with Gasteiger partial charge in [0.15, 0.2) is 6.61 Å². The minimum absolute atomic E-state index is 0.200. The van der Waals surface area contributed by atoms with E-state index in [0.717, 1.165) is 5.56 Å².